The van der Waals surface area contributed by atoms with Crippen molar-refractivity contribution in [1.29, 1.82) is 0 Å². The number of thiazole rings is 1. The van der Waals surface area contributed by atoms with Gasteiger partial charge in [0.15, 0.2) is 5.96 Å². The first-order valence-corrected chi connectivity index (χ1v) is 8.99. The number of aryl methyl sites for hydroxylation is 2. The van der Waals surface area contributed by atoms with Crippen molar-refractivity contribution in [3.63, 3.8) is 0 Å². The summed E-state index contributed by atoms with van der Waals surface area (Å²) in [6.45, 7) is 7.68. The van der Waals surface area contributed by atoms with E-state index < -0.39 is 0 Å². The molecule has 124 valence electrons. The van der Waals surface area contributed by atoms with Crippen LogP contribution in [0.3, 0.4) is 0 Å². The zero-order chi connectivity index (χ0) is 16.8. The Kier molecular flexibility index (Phi) is 6.53. The van der Waals surface area contributed by atoms with Crippen LogP contribution in [0.2, 0.25) is 0 Å². The van der Waals surface area contributed by atoms with E-state index in [2.05, 4.69) is 43.5 Å². The van der Waals surface area contributed by atoms with Gasteiger partial charge in [-0.3, -0.25) is 0 Å². The topological polar surface area (TPSA) is 49.3 Å². The highest BCUT2D eigenvalue weighted by Crippen LogP contribution is 2.17. The Bertz CT molecular complexity index is 680. The summed E-state index contributed by atoms with van der Waals surface area (Å²) < 4.78 is 14.6. The lowest BCUT2D eigenvalue weighted by atomic mass is 10.2. The van der Waals surface area contributed by atoms with E-state index in [1.165, 1.54) is 10.9 Å². The molecule has 0 aliphatic carbocycles. The third-order valence-electron chi connectivity index (χ3n) is 3.24. The number of nitrogens with zero attached hydrogens (tertiary/aromatic N) is 2. The zero-order valence-corrected chi connectivity index (χ0v) is 15.8. The number of nitrogens with one attached hydrogen (secondary N) is 2. The van der Waals surface area contributed by atoms with Gasteiger partial charge < -0.3 is 10.6 Å². The number of guanidine groups is 1. The average molecular weight is 399 g/mol. The van der Waals surface area contributed by atoms with Crippen molar-refractivity contribution < 1.29 is 4.39 Å². The summed E-state index contributed by atoms with van der Waals surface area (Å²) in [5.41, 5.74) is 1.61. The molecule has 7 heteroatoms. The van der Waals surface area contributed by atoms with Crippen LogP contribution >= 0.6 is 27.3 Å². The summed E-state index contributed by atoms with van der Waals surface area (Å²) in [4.78, 5) is 10.2. The number of halogens is 2. The maximum absolute atomic E-state index is 13.8. The van der Waals surface area contributed by atoms with Crippen molar-refractivity contribution in [3.05, 3.63) is 49.6 Å². The minimum absolute atomic E-state index is 0.251. The lowest BCUT2D eigenvalue weighted by molar-refractivity contribution is 0.610. The van der Waals surface area contributed by atoms with E-state index in [1.807, 2.05) is 13.8 Å². The second kappa shape index (κ2) is 8.40. The summed E-state index contributed by atoms with van der Waals surface area (Å²) in [6, 6.07) is 4.87. The van der Waals surface area contributed by atoms with E-state index in [-0.39, 0.29) is 12.4 Å². The lowest BCUT2D eigenvalue weighted by Gasteiger charge is -2.10. The quantitative estimate of drug-likeness (QED) is 0.592. The smallest absolute Gasteiger partial charge is 0.191 e. The summed E-state index contributed by atoms with van der Waals surface area (Å²) in [5, 5.41) is 7.41. The van der Waals surface area contributed by atoms with Crippen LogP contribution in [-0.4, -0.2) is 17.5 Å². The van der Waals surface area contributed by atoms with E-state index in [1.54, 1.807) is 23.5 Å². The zero-order valence-electron chi connectivity index (χ0n) is 13.4. The molecule has 4 nitrogen and oxygen atoms in total. The van der Waals surface area contributed by atoms with Crippen molar-refractivity contribution in [2.75, 3.05) is 6.54 Å². The molecular weight excluding hydrogens is 379 g/mol. The number of rotatable bonds is 5. The van der Waals surface area contributed by atoms with Crippen molar-refractivity contribution in [3.8, 4) is 0 Å². The number of aliphatic imine (C=N–C) groups is 1. The van der Waals surface area contributed by atoms with Gasteiger partial charge in [0.05, 0.1) is 18.8 Å². The molecule has 1 heterocycles. The lowest BCUT2D eigenvalue weighted by Crippen LogP contribution is -2.36. The van der Waals surface area contributed by atoms with Crippen LogP contribution in [0.15, 0.2) is 27.7 Å². The van der Waals surface area contributed by atoms with E-state index in [9.17, 15) is 4.39 Å². The second-order valence-electron chi connectivity index (χ2n) is 5.03. The van der Waals surface area contributed by atoms with E-state index in [4.69, 9.17) is 0 Å². The summed E-state index contributed by atoms with van der Waals surface area (Å²) in [6.07, 6.45) is 0. The number of hydrogen-bond donors (Lipinski definition) is 2. The minimum Gasteiger partial charge on any atom is -0.357 e. The van der Waals surface area contributed by atoms with E-state index >= 15 is 0 Å². The molecule has 0 bridgehead atoms. The van der Waals surface area contributed by atoms with Crippen molar-refractivity contribution in [2.24, 2.45) is 4.99 Å². The van der Waals surface area contributed by atoms with Gasteiger partial charge in [0, 0.05) is 21.5 Å². The first-order valence-electron chi connectivity index (χ1n) is 7.38. The van der Waals surface area contributed by atoms with Gasteiger partial charge in [-0.15, -0.1) is 11.3 Å². The highest BCUT2D eigenvalue weighted by atomic mass is 79.9. The second-order valence-corrected chi connectivity index (χ2v) is 7.24. The SMILES string of the molecule is CCNC(=NCc1cc(Br)ccc1F)NCc1nc(C)c(C)s1. The fourth-order valence-corrected chi connectivity index (χ4v) is 3.23. The number of aromatic nitrogens is 1. The summed E-state index contributed by atoms with van der Waals surface area (Å²) >= 11 is 5.02. The summed E-state index contributed by atoms with van der Waals surface area (Å²) in [5.74, 6) is 0.399. The Morgan fingerprint density at radius 3 is 2.78 bits per heavy atom. The number of benzene rings is 1. The van der Waals surface area contributed by atoms with Gasteiger partial charge in [0.2, 0.25) is 0 Å². The van der Waals surface area contributed by atoms with Crippen LogP contribution < -0.4 is 10.6 Å². The molecule has 0 spiro atoms. The Hall–Kier alpha value is -1.47. The fourth-order valence-electron chi connectivity index (χ4n) is 1.94. The van der Waals surface area contributed by atoms with Gasteiger partial charge >= 0.3 is 0 Å². The molecule has 1 aromatic carbocycles. The molecule has 2 N–H and O–H groups in total. The monoisotopic (exact) mass is 398 g/mol. The predicted octanol–water partition coefficient (Wildman–Crippen LogP) is 3.92. The minimum atomic E-state index is -0.251. The molecular formula is C16H20BrFN4S. The molecule has 2 rings (SSSR count). The molecule has 0 aliphatic heterocycles. The highest BCUT2D eigenvalue weighted by Gasteiger charge is 2.06. The normalized spacial score (nSPS) is 11.6. The van der Waals surface area contributed by atoms with Gasteiger partial charge in [-0.25, -0.2) is 14.4 Å². The van der Waals surface area contributed by atoms with Crippen LogP contribution in [0.1, 0.15) is 28.1 Å². The third kappa shape index (κ3) is 5.28. The van der Waals surface area contributed by atoms with Gasteiger partial charge in [0.25, 0.3) is 0 Å². The van der Waals surface area contributed by atoms with Gasteiger partial charge in [0.1, 0.15) is 10.8 Å². The third-order valence-corrected chi connectivity index (χ3v) is 4.81. The summed E-state index contributed by atoms with van der Waals surface area (Å²) in [7, 11) is 0. The van der Waals surface area contributed by atoms with Crippen LogP contribution in [0.25, 0.3) is 0 Å². The van der Waals surface area contributed by atoms with Crippen LogP contribution in [-0.2, 0) is 13.1 Å². The van der Waals surface area contributed by atoms with Crippen molar-refractivity contribution in [2.45, 2.75) is 33.9 Å². The standard InChI is InChI=1S/C16H20BrFN4S/c1-4-19-16(21-9-15-22-10(2)11(3)23-15)20-8-12-7-13(17)5-6-14(12)18/h5-7H,4,8-9H2,1-3H3,(H2,19,20,21). The maximum Gasteiger partial charge on any atom is 0.191 e. The van der Waals surface area contributed by atoms with Crippen molar-refractivity contribution in [1.82, 2.24) is 15.6 Å². The highest BCUT2D eigenvalue weighted by molar-refractivity contribution is 9.10. The van der Waals surface area contributed by atoms with Gasteiger partial charge in [-0.1, -0.05) is 15.9 Å². The number of hydrogen-bond acceptors (Lipinski definition) is 3. The van der Waals surface area contributed by atoms with Crippen LogP contribution in [0.4, 0.5) is 4.39 Å². The molecule has 2 aromatic rings. The largest absolute Gasteiger partial charge is 0.357 e. The molecule has 1 aromatic heterocycles. The van der Waals surface area contributed by atoms with Crippen LogP contribution in [0, 0.1) is 19.7 Å². The van der Waals surface area contributed by atoms with Gasteiger partial charge in [-0.2, -0.15) is 0 Å². The van der Waals surface area contributed by atoms with Crippen LogP contribution in [0.5, 0.6) is 0 Å². The Balaban J connectivity index is 2.03. The van der Waals surface area contributed by atoms with Gasteiger partial charge in [-0.05, 0) is 39.0 Å². The molecule has 0 amide bonds. The van der Waals surface area contributed by atoms with E-state index in [0.29, 0.717) is 18.1 Å². The molecule has 0 fully saturated rings. The average Bonchev–Trinajstić information content (AvgIpc) is 2.84. The predicted molar refractivity (Wildman–Crippen MR) is 97.3 cm³/mol. The Morgan fingerprint density at radius 1 is 1.35 bits per heavy atom. The van der Waals surface area contributed by atoms with E-state index in [0.717, 1.165) is 21.7 Å². The molecule has 0 unspecified atom stereocenters. The first kappa shape index (κ1) is 17.9. The molecule has 0 radical (unpaired) electrons. The Labute approximate surface area is 148 Å². The van der Waals surface area contributed by atoms with Crippen molar-refractivity contribution >= 4 is 33.2 Å². The Morgan fingerprint density at radius 2 is 2.13 bits per heavy atom. The first-order chi connectivity index (χ1) is 11.0. The maximum atomic E-state index is 13.8. The molecule has 0 saturated heterocycles. The fraction of sp³-hybridized carbons (Fsp3) is 0.375. The molecule has 23 heavy (non-hydrogen) atoms. The molecule has 0 aliphatic rings. The molecule has 0 atom stereocenters. The molecule has 0 saturated carbocycles.